The van der Waals surface area contributed by atoms with Crippen LogP contribution in [0.2, 0.25) is 0 Å². The fourth-order valence-electron chi connectivity index (χ4n) is 4.14. The zero-order valence-corrected chi connectivity index (χ0v) is 21.4. The molecule has 7 nitrogen and oxygen atoms in total. The van der Waals surface area contributed by atoms with E-state index in [1.54, 1.807) is 35.3 Å². The van der Waals surface area contributed by atoms with E-state index in [1.807, 2.05) is 82.0 Å². The summed E-state index contributed by atoms with van der Waals surface area (Å²) in [6, 6.07) is 21.1. The number of nitriles is 1. The van der Waals surface area contributed by atoms with E-state index >= 15 is 0 Å². The van der Waals surface area contributed by atoms with Gasteiger partial charge < -0.3 is 5.32 Å². The van der Waals surface area contributed by atoms with Gasteiger partial charge in [-0.15, -0.1) is 0 Å². The van der Waals surface area contributed by atoms with Crippen LogP contribution in [0.5, 0.6) is 0 Å². The van der Waals surface area contributed by atoms with E-state index in [0.717, 1.165) is 39.1 Å². The summed E-state index contributed by atoms with van der Waals surface area (Å²) < 4.78 is 1.80. The number of benzene rings is 2. The van der Waals surface area contributed by atoms with Crippen LogP contribution in [0.4, 0.5) is 5.69 Å². The fraction of sp³-hybridized carbons (Fsp3) is 0.129. The maximum absolute atomic E-state index is 13.0. The second-order valence-corrected chi connectivity index (χ2v) is 9.65. The minimum atomic E-state index is -0.682. The fourth-order valence-corrected chi connectivity index (χ4v) is 4.14. The molecule has 0 unspecified atom stereocenters. The molecule has 5 aromatic rings. The number of nitrogens with one attached hydrogen (secondary N) is 1. The van der Waals surface area contributed by atoms with Crippen molar-refractivity contribution < 1.29 is 4.79 Å². The lowest BCUT2D eigenvalue weighted by atomic mass is 9.85. The molecular formula is C31H26N6O. The number of hydrogen-bond acceptors (Lipinski definition) is 5. The first-order chi connectivity index (χ1) is 18.3. The summed E-state index contributed by atoms with van der Waals surface area (Å²) in [5, 5.41) is 17.0. The molecule has 2 aromatic carbocycles. The topological polar surface area (TPSA) is 96.5 Å². The van der Waals surface area contributed by atoms with E-state index in [2.05, 4.69) is 32.5 Å². The summed E-state index contributed by atoms with van der Waals surface area (Å²) in [4.78, 5) is 21.6. The molecule has 0 aliphatic carbocycles. The molecule has 0 fully saturated rings. The van der Waals surface area contributed by atoms with Crippen LogP contribution in [0.15, 0.2) is 97.8 Å². The van der Waals surface area contributed by atoms with Gasteiger partial charge in [0, 0.05) is 64.5 Å². The molecule has 0 aliphatic rings. The monoisotopic (exact) mass is 498 g/mol. The summed E-state index contributed by atoms with van der Waals surface area (Å²) in [6.07, 6.45) is 10.9. The van der Waals surface area contributed by atoms with Crippen molar-refractivity contribution >= 4 is 11.6 Å². The molecule has 0 saturated carbocycles. The lowest BCUT2D eigenvalue weighted by Gasteiger charge is -2.16. The molecule has 0 saturated heterocycles. The molecule has 0 atom stereocenters. The zero-order chi connectivity index (χ0) is 26.7. The molecule has 1 N–H and O–H groups in total. The Balaban J connectivity index is 1.39. The summed E-state index contributed by atoms with van der Waals surface area (Å²) >= 11 is 0. The quantitative estimate of drug-likeness (QED) is 0.294. The van der Waals surface area contributed by atoms with E-state index in [0.29, 0.717) is 11.3 Å². The van der Waals surface area contributed by atoms with E-state index in [9.17, 15) is 10.1 Å². The normalized spacial score (nSPS) is 11.1. The summed E-state index contributed by atoms with van der Waals surface area (Å²) in [5.41, 5.74) is 6.97. The highest BCUT2D eigenvalue weighted by molar-refractivity contribution is 6.04. The minimum absolute atomic E-state index is 0.241. The number of anilines is 1. The Labute approximate surface area is 221 Å². The Morgan fingerprint density at radius 2 is 1.68 bits per heavy atom. The molecule has 186 valence electrons. The Hall–Kier alpha value is -5.09. The van der Waals surface area contributed by atoms with Crippen LogP contribution in [-0.4, -0.2) is 25.7 Å². The van der Waals surface area contributed by atoms with Crippen molar-refractivity contribution in [2.75, 3.05) is 5.32 Å². The van der Waals surface area contributed by atoms with Crippen LogP contribution < -0.4 is 5.32 Å². The Bertz CT molecular complexity index is 1660. The van der Waals surface area contributed by atoms with Gasteiger partial charge in [-0.1, -0.05) is 24.3 Å². The molecule has 0 aliphatic heterocycles. The Morgan fingerprint density at radius 3 is 2.45 bits per heavy atom. The highest BCUT2D eigenvalue weighted by Crippen LogP contribution is 2.27. The number of carbonyl (C=O) groups is 1. The molecule has 0 radical (unpaired) electrons. The maximum atomic E-state index is 13.0. The van der Waals surface area contributed by atoms with Crippen LogP contribution in [0, 0.1) is 18.3 Å². The van der Waals surface area contributed by atoms with Gasteiger partial charge in [0.2, 0.25) is 0 Å². The molecule has 5 rings (SSSR count). The third kappa shape index (κ3) is 5.06. The number of aromatic nitrogens is 4. The first kappa shape index (κ1) is 24.6. The van der Waals surface area contributed by atoms with Gasteiger partial charge in [-0.2, -0.15) is 10.4 Å². The average Bonchev–Trinajstić information content (AvgIpc) is 3.45. The molecule has 0 spiro atoms. The number of rotatable bonds is 6. The standard InChI is InChI=1S/C31H26N6O/c1-21-9-10-28(36-30(38)22-6-4-8-27(13-22)31(2,3)20-32)14-29(21)37-19-26(18-35-37)25-12-24(16-34-17-25)23-7-5-11-33-15-23/h4-19H,1-3H3,(H,36,38). The number of hydrogen-bond donors (Lipinski definition) is 1. The number of pyridine rings is 2. The van der Waals surface area contributed by atoms with Gasteiger partial charge in [0.25, 0.3) is 5.91 Å². The third-order valence-electron chi connectivity index (χ3n) is 6.49. The molecule has 3 aromatic heterocycles. The van der Waals surface area contributed by atoms with Crippen LogP contribution >= 0.6 is 0 Å². The lowest BCUT2D eigenvalue weighted by Crippen LogP contribution is -2.17. The predicted molar refractivity (Wildman–Crippen MR) is 148 cm³/mol. The van der Waals surface area contributed by atoms with Crippen molar-refractivity contribution in [3.05, 3.63) is 115 Å². The van der Waals surface area contributed by atoms with Crippen molar-refractivity contribution in [1.82, 2.24) is 19.7 Å². The molecular weight excluding hydrogens is 472 g/mol. The Kier molecular flexibility index (Phi) is 6.55. The summed E-state index contributed by atoms with van der Waals surface area (Å²) in [6.45, 7) is 5.67. The number of amides is 1. The van der Waals surface area contributed by atoms with Crippen molar-refractivity contribution in [2.45, 2.75) is 26.2 Å². The highest BCUT2D eigenvalue weighted by Gasteiger charge is 2.21. The van der Waals surface area contributed by atoms with E-state index in [-0.39, 0.29) is 5.91 Å². The molecule has 1 amide bonds. The molecule has 7 heteroatoms. The first-order valence-corrected chi connectivity index (χ1v) is 12.2. The van der Waals surface area contributed by atoms with Crippen molar-refractivity contribution in [3.8, 4) is 34.0 Å². The van der Waals surface area contributed by atoms with Crippen molar-refractivity contribution in [3.63, 3.8) is 0 Å². The second-order valence-electron chi connectivity index (χ2n) is 9.65. The summed E-state index contributed by atoms with van der Waals surface area (Å²) in [5.74, 6) is -0.241. The number of nitrogens with zero attached hydrogens (tertiary/aromatic N) is 5. The van der Waals surface area contributed by atoms with Gasteiger partial charge in [-0.05, 0) is 68.3 Å². The number of carbonyl (C=O) groups excluding carboxylic acids is 1. The second kappa shape index (κ2) is 10.1. The largest absolute Gasteiger partial charge is 0.322 e. The SMILES string of the molecule is Cc1ccc(NC(=O)c2cccc(C(C)(C)C#N)c2)cc1-n1cc(-c2cncc(-c3cccnc3)c2)cn1. The van der Waals surface area contributed by atoms with Crippen LogP contribution in [0.25, 0.3) is 27.9 Å². The van der Waals surface area contributed by atoms with Crippen LogP contribution in [0.3, 0.4) is 0 Å². The van der Waals surface area contributed by atoms with Gasteiger partial charge in [0.15, 0.2) is 0 Å². The van der Waals surface area contributed by atoms with Crippen LogP contribution in [0.1, 0.15) is 35.3 Å². The first-order valence-electron chi connectivity index (χ1n) is 12.2. The van der Waals surface area contributed by atoms with Gasteiger partial charge in [-0.25, -0.2) is 4.68 Å². The van der Waals surface area contributed by atoms with Crippen LogP contribution in [-0.2, 0) is 5.41 Å². The van der Waals surface area contributed by atoms with Gasteiger partial charge in [0.1, 0.15) is 0 Å². The zero-order valence-electron chi connectivity index (χ0n) is 21.4. The average molecular weight is 499 g/mol. The van der Waals surface area contributed by atoms with E-state index in [1.165, 1.54) is 0 Å². The molecule has 3 heterocycles. The Morgan fingerprint density at radius 1 is 0.895 bits per heavy atom. The third-order valence-corrected chi connectivity index (χ3v) is 6.49. The lowest BCUT2D eigenvalue weighted by molar-refractivity contribution is 0.102. The van der Waals surface area contributed by atoms with Crippen molar-refractivity contribution in [1.29, 1.82) is 5.26 Å². The maximum Gasteiger partial charge on any atom is 0.255 e. The smallest absolute Gasteiger partial charge is 0.255 e. The number of aryl methyl sites for hydroxylation is 1. The highest BCUT2D eigenvalue weighted by atomic mass is 16.1. The predicted octanol–water partition coefficient (Wildman–Crippen LogP) is 6.36. The van der Waals surface area contributed by atoms with E-state index in [4.69, 9.17) is 0 Å². The van der Waals surface area contributed by atoms with Gasteiger partial charge in [-0.3, -0.25) is 14.8 Å². The van der Waals surface area contributed by atoms with E-state index < -0.39 is 5.41 Å². The van der Waals surface area contributed by atoms with Gasteiger partial charge in [0.05, 0.1) is 23.4 Å². The molecule has 0 bridgehead atoms. The van der Waals surface area contributed by atoms with Crippen molar-refractivity contribution in [2.24, 2.45) is 0 Å². The minimum Gasteiger partial charge on any atom is -0.322 e. The summed E-state index contributed by atoms with van der Waals surface area (Å²) in [7, 11) is 0. The molecule has 38 heavy (non-hydrogen) atoms. The van der Waals surface area contributed by atoms with Gasteiger partial charge >= 0.3 is 0 Å².